The second kappa shape index (κ2) is 21.3. The fourth-order valence-corrected chi connectivity index (χ4v) is 9.15. The van der Waals surface area contributed by atoms with Crippen LogP contribution in [0.2, 0.25) is 0 Å². The number of aromatic nitrogens is 2. The van der Waals surface area contributed by atoms with Crippen molar-refractivity contribution in [3.05, 3.63) is 173 Å². The quantitative estimate of drug-likeness (QED) is 0.116. The molecule has 1 aliphatic rings. The highest BCUT2D eigenvalue weighted by molar-refractivity contribution is 7.89. The van der Waals surface area contributed by atoms with Gasteiger partial charge in [0.05, 0.1) is 16.3 Å². The Morgan fingerprint density at radius 1 is 0.778 bits per heavy atom. The molecule has 0 atom stereocenters. The van der Waals surface area contributed by atoms with Crippen molar-refractivity contribution >= 4 is 89.1 Å². The zero-order chi connectivity index (χ0) is 44.0. The summed E-state index contributed by atoms with van der Waals surface area (Å²) in [6.45, 7) is 4.78. The monoisotopic (exact) mass is 891 g/mol. The number of anilines is 3. The Labute approximate surface area is 375 Å². The van der Waals surface area contributed by atoms with Gasteiger partial charge in [-0.25, -0.2) is 23.4 Å². The average molecular weight is 892 g/mol. The lowest BCUT2D eigenvalue weighted by molar-refractivity contribution is -0.114. The van der Waals surface area contributed by atoms with E-state index in [9.17, 15) is 13.2 Å². The van der Waals surface area contributed by atoms with Gasteiger partial charge in [-0.05, 0) is 109 Å². The molecule has 63 heavy (non-hydrogen) atoms. The van der Waals surface area contributed by atoms with Gasteiger partial charge in [0.15, 0.2) is 5.13 Å². The Morgan fingerprint density at radius 2 is 1.48 bits per heavy atom. The molecule has 9 rings (SSSR count). The molecule has 0 aliphatic carbocycles. The van der Waals surface area contributed by atoms with Crippen molar-refractivity contribution in [2.75, 3.05) is 23.7 Å². The number of phenolic OH excluding ortho intramolecular Hbond substituents is 1. The number of phenols is 1. The normalized spacial score (nSPS) is 12.7. The number of aryl methyl sites for hydroxylation is 1. The molecule has 0 bridgehead atoms. The van der Waals surface area contributed by atoms with Crippen molar-refractivity contribution < 1.29 is 18.3 Å². The van der Waals surface area contributed by atoms with E-state index in [1.165, 1.54) is 45.9 Å². The number of fused-ring (bicyclic) bond motifs is 1. The number of hydrogen-bond donors (Lipinski definition) is 3. The van der Waals surface area contributed by atoms with E-state index in [2.05, 4.69) is 73.9 Å². The standard InChI is InChI=1S/C20H21N3O2S2.C19H16N2O.C10H8N2OS/c1-15-4-8-17(9-5-15)21-20-22-19(14-26-20)16-6-10-18(11-7-16)27(24,25)23-12-2-3-13-23;1-14(22)21-18-11-9-17(10-12-18)20-13-16-7-4-6-15-5-2-3-8-19(15)16;13-9-3-1-8(2-4-9)7-12-10-11-5-6-14-10/h4-11,14H,2-3,12-13H2,1H3,(H,21,22);2-13H,1H3,(H,21,22);1-7,13H. The zero-order valence-corrected chi connectivity index (χ0v) is 37.1. The van der Waals surface area contributed by atoms with Gasteiger partial charge in [0, 0.05) is 71.9 Å². The highest BCUT2D eigenvalue weighted by Gasteiger charge is 2.27. The van der Waals surface area contributed by atoms with Gasteiger partial charge >= 0.3 is 0 Å². The number of nitrogens with zero attached hydrogens (tertiary/aromatic N) is 5. The maximum atomic E-state index is 12.6. The summed E-state index contributed by atoms with van der Waals surface area (Å²) in [7, 11) is -3.37. The molecule has 1 fully saturated rings. The molecule has 2 aromatic heterocycles. The molecule has 1 amide bonds. The largest absolute Gasteiger partial charge is 0.508 e. The van der Waals surface area contributed by atoms with Crippen LogP contribution in [0.25, 0.3) is 22.0 Å². The molecule has 0 unspecified atom stereocenters. The van der Waals surface area contributed by atoms with Crippen LogP contribution in [0, 0.1) is 6.92 Å². The predicted octanol–water partition coefficient (Wildman–Crippen LogP) is 11.8. The fraction of sp³-hybridized carbons (Fsp3) is 0.122. The number of aromatic hydroxyl groups is 1. The zero-order valence-electron chi connectivity index (χ0n) is 34.6. The first-order chi connectivity index (χ1) is 30.6. The SMILES string of the molecule is CC(=O)Nc1ccc(N=Cc2cccc3ccccc23)cc1.Cc1ccc(Nc2nc(-c3ccc(S(=O)(=O)N4CCCC4)cc3)cs2)cc1.Oc1ccc(C=Nc2nccs2)cc1. The first-order valence-corrected chi connectivity index (χ1v) is 23.3. The summed E-state index contributed by atoms with van der Waals surface area (Å²) in [5.74, 6) is 0.184. The van der Waals surface area contributed by atoms with Crippen molar-refractivity contribution in [1.29, 1.82) is 0 Å². The number of amides is 1. The third kappa shape index (κ3) is 12.6. The molecule has 6 aromatic carbocycles. The Bertz CT molecular complexity index is 2890. The van der Waals surface area contributed by atoms with Crippen molar-refractivity contribution in [2.45, 2.75) is 31.6 Å². The lowest BCUT2D eigenvalue weighted by Crippen LogP contribution is -2.27. The summed E-state index contributed by atoms with van der Waals surface area (Å²) in [4.78, 5) is 28.7. The summed E-state index contributed by atoms with van der Waals surface area (Å²) in [6.07, 6.45) is 7.18. The minimum Gasteiger partial charge on any atom is -0.508 e. The number of carbonyl (C=O) groups excluding carboxylic acids is 1. The minimum atomic E-state index is -3.37. The summed E-state index contributed by atoms with van der Waals surface area (Å²) in [5, 5.41) is 22.9. The number of thiazole rings is 2. The van der Waals surface area contributed by atoms with Crippen LogP contribution in [0.5, 0.6) is 5.75 Å². The van der Waals surface area contributed by atoms with Gasteiger partial charge in [-0.3, -0.25) is 9.79 Å². The molecular weight excluding hydrogens is 847 g/mol. The summed E-state index contributed by atoms with van der Waals surface area (Å²) < 4.78 is 26.8. The molecule has 318 valence electrons. The molecule has 1 saturated heterocycles. The topological polar surface area (TPSA) is 149 Å². The van der Waals surface area contributed by atoms with E-state index in [1.807, 2.05) is 83.7 Å². The number of aliphatic imine (C=N–C) groups is 2. The fourth-order valence-electron chi connectivity index (χ4n) is 6.41. The molecular formula is C49H45N7O4S3. The van der Waals surface area contributed by atoms with E-state index in [4.69, 9.17) is 5.11 Å². The summed E-state index contributed by atoms with van der Waals surface area (Å²) >= 11 is 3.01. The van der Waals surface area contributed by atoms with Crippen molar-refractivity contribution in [3.63, 3.8) is 0 Å². The molecule has 14 heteroatoms. The van der Waals surface area contributed by atoms with Gasteiger partial charge in [-0.15, -0.1) is 22.7 Å². The van der Waals surface area contributed by atoms with E-state index in [-0.39, 0.29) is 11.7 Å². The van der Waals surface area contributed by atoms with E-state index >= 15 is 0 Å². The van der Waals surface area contributed by atoms with Gasteiger partial charge in [0.2, 0.25) is 21.1 Å². The van der Waals surface area contributed by atoms with E-state index in [0.717, 1.165) is 62.6 Å². The Balaban J connectivity index is 0.000000149. The predicted molar refractivity (Wildman–Crippen MR) is 259 cm³/mol. The Kier molecular flexibility index (Phi) is 15.0. The van der Waals surface area contributed by atoms with E-state index < -0.39 is 10.0 Å². The molecule has 0 saturated carbocycles. The smallest absolute Gasteiger partial charge is 0.243 e. The van der Waals surface area contributed by atoms with Gasteiger partial charge in [-0.1, -0.05) is 72.3 Å². The van der Waals surface area contributed by atoms with E-state index in [0.29, 0.717) is 18.0 Å². The number of carbonyl (C=O) groups is 1. The number of benzene rings is 6. The molecule has 11 nitrogen and oxygen atoms in total. The maximum absolute atomic E-state index is 12.6. The molecule has 3 heterocycles. The number of rotatable bonds is 10. The summed E-state index contributed by atoms with van der Waals surface area (Å²) in [6, 6.07) is 43.9. The number of nitrogens with one attached hydrogen (secondary N) is 2. The lowest BCUT2D eigenvalue weighted by Gasteiger charge is -2.15. The van der Waals surface area contributed by atoms with Gasteiger partial charge in [-0.2, -0.15) is 4.31 Å². The lowest BCUT2D eigenvalue weighted by atomic mass is 10.1. The third-order valence-corrected chi connectivity index (χ3v) is 13.0. The third-order valence-electron chi connectivity index (χ3n) is 9.66. The Morgan fingerprint density at radius 3 is 2.17 bits per heavy atom. The second-order valence-corrected chi connectivity index (χ2v) is 18.1. The molecule has 8 aromatic rings. The molecule has 1 aliphatic heterocycles. The number of hydrogen-bond acceptors (Lipinski definition) is 11. The first kappa shape index (κ1) is 44.2. The summed E-state index contributed by atoms with van der Waals surface area (Å²) in [5.41, 5.74) is 7.60. The Hall–Kier alpha value is -6.84. The maximum Gasteiger partial charge on any atom is 0.243 e. The average Bonchev–Trinajstić information content (AvgIpc) is 4.13. The first-order valence-electron chi connectivity index (χ1n) is 20.1. The van der Waals surface area contributed by atoms with Gasteiger partial charge in [0.1, 0.15) is 5.75 Å². The van der Waals surface area contributed by atoms with Crippen LogP contribution in [-0.2, 0) is 14.8 Å². The number of sulfonamides is 1. The highest BCUT2D eigenvalue weighted by Crippen LogP contribution is 2.29. The minimum absolute atomic E-state index is 0.0768. The molecule has 0 radical (unpaired) electrons. The van der Waals surface area contributed by atoms with Gasteiger partial charge < -0.3 is 15.7 Å². The highest BCUT2D eigenvalue weighted by atomic mass is 32.2. The van der Waals surface area contributed by atoms with Crippen LogP contribution < -0.4 is 10.6 Å². The van der Waals surface area contributed by atoms with E-state index in [1.54, 1.807) is 53.1 Å². The molecule has 0 spiro atoms. The van der Waals surface area contributed by atoms with Crippen LogP contribution in [0.15, 0.2) is 171 Å². The van der Waals surface area contributed by atoms with Crippen molar-refractivity contribution in [1.82, 2.24) is 14.3 Å². The molecule has 3 N–H and O–H groups in total. The van der Waals surface area contributed by atoms with Crippen LogP contribution in [0.4, 0.5) is 27.3 Å². The van der Waals surface area contributed by atoms with Crippen LogP contribution in [0.1, 0.15) is 36.5 Å². The van der Waals surface area contributed by atoms with Crippen molar-refractivity contribution in [2.24, 2.45) is 9.98 Å². The van der Waals surface area contributed by atoms with Crippen molar-refractivity contribution in [3.8, 4) is 17.0 Å². The second-order valence-electron chi connectivity index (χ2n) is 14.4. The van der Waals surface area contributed by atoms with Crippen LogP contribution in [-0.4, -0.2) is 59.2 Å². The van der Waals surface area contributed by atoms with Gasteiger partial charge in [0.25, 0.3) is 0 Å². The van der Waals surface area contributed by atoms with Crippen LogP contribution >= 0.6 is 22.7 Å². The van der Waals surface area contributed by atoms with Crippen LogP contribution in [0.3, 0.4) is 0 Å².